The fourth-order valence-corrected chi connectivity index (χ4v) is 6.55. The Morgan fingerprint density at radius 2 is 1.91 bits per heavy atom. The second-order valence-electron chi connectivity index (χ2n) is 8.20. The van der Waals surface area contributed by atoms with Crippen molar-refractivity contribution in [3.8, 4) is 0 Å². The van der Waals surface area contributed by atoms with Crippen LogP contribution < -0.4 is 16.5 Å². The van der Waals surface area contributed by atoms with Crippen LogP contribution in [0.1, 0.15) is 43.0 Å². The van der Waals surface area contributed by atoms with Gasteiger partial charge in [0.1, 0.15) is 10.7 Å². The molecule has 176 valence electrons. The van der Waals surface area contributed by atoms with E-state index in [2.05, 4.69) is 10.4 Å². The fraction of sp³-hybridized carbons (Fsp3) is 0.375. The van der Waals surface area contributed by atoms with Gasteiger partial charge in [-0.3, -0.25) is 24.4 Å². The number of fused-ring (bicyclic) bond motifs is 4. The molecular weight excluding hydrogens is 470 g/mol. The van der Waals surface area contributed by atoms with E-state index in [1.165, 1.54) is 21.3 Å². The summed E-state index contributed by atoms with van der Waals surface area (Å²) in [5.74, 6) is 0.195. The Kier molecular flexibility index (Phi) is 6.26. The SMILES string of the molecule is CCc1nc2sc3c(c2c(=O)n1NC(=O)CSc1nc2ccccc2c(=O)n1CC)CCCC3. The third kappa shape index (κ3) is 3.94. The third-order valence-electron chi connectivity index (χ3n) is 6.09. The third-order valence-corrected chi connectivity index (χ3v) is 8.25. The minimum atomic E-state index is -0.350. The van der Waals surface area contributed by atoms with Gasteiger partial charge in [-0.1, -0.05) is 30.8 Å². The van der Waals surface area contributed by atoms with E-state index in [1.54, 1.807) is 28.0 Å². The number of amides is 1. The van der Waals surface area contributed by atoms with E-state index in [9.17, 15) is 14.4 Å². The minimum absolute atomic E-state index is 0.0140. The zero-order chi connectivity index (χ0) is 23.8. The van der Waals surface area contributed by atoms with E-state index in [0.717, 1.165) is 36.1 Å². The number of thioether (sulfide) groups is 1. The molecular formula is C24H25N5O3S2. The van der Waals surface area contributed by atoms with Gasteiger partial charge in [0.25, 0.3) is 11.1 Å². The molecule has 34 heavy (non-hydrogen) atoms. The number of rotatable bonds is 6. The molecule has 0 radical (unpaired) electrons. The number of aryl methyl sites for hydroxylation is 3. The lowest BCUT2D eigenvalue weighted by Crippen LogP contribution is -2.37. The summed E-state index contributed by atoms with van der Waals surface area (Å²) in [5, 5.41) is 1.67. The van der Waals surface area contributed by atoms with Crippen molar-refractivity contribution in [1.82, 2.24) is 19.2 Å². The number of thiophene rings is 1. The molecule has 1 aliphatic rings. The van der Waals surface area contributed by atoms with E-state index in [0.29, 0.717) is 40.2 Å². The Morgan fingerprint density at radius 3 is 2.71 bits per heavy atom. The number of carbonyl (C=O) groups excluding carboxylic acids is 1. The van der Waals surface area contributed by atoms with Gasteiger partial charge in [-0.15, -0.1) is 11.3 Å². The van der Waals surface area contributed by atoms with Crippen molar-refractivity contribution in [2.24, 2.45) is 0 Å². The smallest absolute Gasteiger partial charge is 0.281 e. The van der Waals surface area contributed by atoms with Crippen molar-refractivity contribution in [3.05, 3.63) is 61.2 Å². The highest BCUT2D eigenvalue weighted by molar-refractivity contribution is 7.99. The van der Waals surface area contributed by atoms with E-state index in [-0.39, 0.29) is 22.8 Å². The first-order valence-corrected chi connectivity index (χ1v) is 13.3. The second kappa shape index (κ2) is 9.34. The van der Waals surface area contributed by atoms with Gasteiger partial charge in [-0.05, 0) is 50.3 Å². The van der Waals surface area contributed by atoms with Crippen molar-refractivity contribution in [2.45, 2.75) is 57.7 Å². The summed E-state index contributed by atoms with van der Waals surface area (Å²) in [6.07, 6.45) is 4.58. The number of carbonyl (C=O) groups is 1. The first-order valence-electron chi connectivity index (χ1n) is 11.5. The van der Waals surface area contributed by atoms with Crippen LogP contribution in [0, 0.1) is 0 Å². The summed E-state index contributed by atoms with van der Waals surface area (Å²) < 4.78 is 2.86. The molecule has 0 saturated carbocycles. The topological polar surface area (TPSA) is 98.9 Å². The fourth-order valence-electron chi connectivity index (χ4n) is 4.42. The second-order valence-corrected chi connectivity index (χ2v) is 10.2. The number of hydrogen-bond acceptors (Lipinski definition) is 7. The van der Waals surface area contributed by atoms with Crippen LogP contribution in [0.2, 0.25) is 0 Å². The van der Waals surface area contributed by atoms with Gasteiger partial charge in [0.2, 0.25) is 5.91 Å². The molecule has 1 N–H and O–H groups in total. The van der Waals surface area contributed by atoms with Crippen molar-refractivity contribution in [2.75, 3.05) is 11.2 Å². The zero-order valence-corrected chi connectivity index (χ0v) is 20.7. The van der Waals surface area contributed by atoms with Crippen LogP contribution in [0.25, 0.3) is 21.1 Å². The Morgan fingerprint density at radius 1 is 1.12 bits per heavy atom. The highest BCUT2D eigenvalue weighted by atomic mass is 32.2. The standard InChI is InChI=1S/C24H25N5O3S2/c1-3-18-26-21-20(15-10-6-8-12-17(15)34-21)23(32)29(18)27-19(30)13-33-24-25-16-11-7-5-9-14(16)22(31)28(24)4-2/h5,7,9,11H,3-4,6,8,10,12-13H2,1-2H3,(H,27,30). The van der Waals surface area contributed by atoms with Gasteiger partial charge >= 0.3 is 0 Å². The first-order chi connectivity index (χ1) is 16.5. The summed E-state index contributed by atoms with van der Waals surface area (Å²) in [6.45, 7) is 4.24. The molecule has 1 amide bonds. The van der Waals surface area contributed by atoms with Gasteiger partial charge in [0.05, 0.1) is 22.0 Å². The van der Waals surface area contributed by atoms with E-state index in [4.69, 9.17) is 4.98 Å². The van der Waals surface area contributed by atoms with Crippen molar-refractivity contribution >= 4 is 50.1 Å². The maximum Gasteiger partial charge on any atom is 0.281 e. The molecule has 0 aliphatic heterocycles. The largest absolute Gasteiger partial charge is 0.287 e. The van der Waals surface area contributed by atoms with Crippen LogP contribution in [0.3, 0.4) is 0 Å². The molecule has 0 spiro atoms. The predicted octanol–water partition coefficient (Wildman–Crippen LogP) is 3.49. The monoisotopic (exact) mass is 495 g/mol. The number of hydrogen-bond donors (Lipinski definition) is 1. The Hall–Kier alpha value is -2.98. The lowest BCUT2D eigenvalue weighted by molar-refractivity contribution is -0.114. The molecule has 4 aromatic rings. The number of para-hydroxylation sites is 1. The predicted molar refractivity (Wildman–Crippen MR) is 137 cm³/mol. The summed E-state index contributed by atoms with van der Waals surface area (Å²) in [7, 11) is 0. The quantitative estimate of drug-likeness (QED) is 0.325. The molecule has 10 heteroatoms. The molecule has 3 heterocycles. The Balaban J connectivity index is 1.43. The number of aromatic nitrogens is 4. The van der Waals surface area contributed by atoms with Gasteiger partial charge < -0.3 is 0 Å². The van der Waals surface area contributed by atoms with Gasteiger partial charge in [0, 0.05) is 17.8 Å². The summed E-state index contributed by atoms with van der Waals surface area (Å²) >= 11 is 2.78. The molecule has 0 fully saturated rings. The zero-order valence-electron chi connectivity index (χ0n) is 19.1. The Bertz CT molecular complexity index is 1540. The normalized spacial score (nSPS) is 13.4. The average molecular weight is 496 g/mol. The lowest BCUT2D eigenvalue weighted by atomic mass is 9.97. The molecule has 1 aliphatic carbocycles. The van der Waals surface area contributed by atoms with Gasteiger partial charge in [-0.25, -0.2) is 14.6 Å². The molecule has 8 nitrogen and oxygen atoms in total. The highest BCUT2D eigenvalue weighted by Crippen LogP contribution is 2.33. The van der Waals surface area contributed by atoms with E-state index < -0.39 is 0 Å². The summed E-state index contributed by atoms with van der Waals surface area (Å²) in [6, 6.07) is 7.18. The molecule has 5 rings (SSSR count). The summed E-state index contributed by atoms with van der Waals surface area (Å²) in [5.41, 5.74) is 4.10. The van der Waals surface area contributed by atoms with Gasteiger partial charge in [0.15, 0.2) is 5.16 Å². The first kappa shape index (κ1) is 22.8. The lowest BCUT2D eigenvalue weighted by Gasteiger charge is -2.14. The maximum atomic E-state index is 13.4. The maximum absolute atomic E-state index is 13.4. The van der Waals surface area contributed by atoms with Crippen molar-refractivity contribution in [3.63, 3.8) is 0 Å². The van der Waals surface area contributed by atoms with Crippen LogP contribution >= 0.6 is 23.1 Å². The van der Waals surface area contributed by atoms with Crippen LogP contribution in [-0.4, -0.2) is 30.9 Å². The number of nitrogens with one attached hydrogen (secondary N) is 1. The number of nitrogens with zero attached hydrogens (tertiary/aromatic N) is 4. The van der Waals surface area contributed by atoms with Crippen LogP contribution in [0.5, 0.6) is 0 Å². The van der Waals surface area contributed by atoms with E-state index in [1.807, 2.05) is 26.0 Å². The molecule has 1 aromatic carbocycles. The molecule has 0 unspecified atom stereocenters. The van der Waals surface area contributed by atoms with Crippen LogP contribution in [0.15, 0.2) is 39.0 Å². The van der Waals surface area contributed by atoms with Crippen LogP contribution in [0.4, 0.5) is 0 Å². The highest BCUT2D eigenvalue weighted by Gasteiger charge is 2.22. The summed E-state index contributed by atoms with van der Waals surface area (Å²) in [4.78, 5) is 50.4. The molecule has 0 atom stereocenters. The number of benzene rings is 1. The van der Waals surface area contributed by atoms with Crippen LogP contribution in [-0.2, 0) is 30.6 Å². The molecule has 3 aromatic heterocycles. The van der Waals surface area contributed by atoms with Crippen molar-refractivity contribution < 1.29 is 4.79 Å². The average Bonchev–Trinajstić information content (AvgIpc) is 3.23. The van der Waals surface area contributed by atoms with Crippen molar-refractivity contribution in [1.29, 1.82) is 0 Å². The van der Waals surface area contributed by atoms with E-state index >= 15 is 0 Å². The van der Waals surface area contributed by atoms with Gasteiger partial charge in [-0.2, -0.15) is 0 Å². The molecule has 0 saturated heterocycles. The minimum Gasteiger partial charge on any atom is -0.287 e. The molecule has 0 bridgehead atoms. The Labute approximate surface area is 204 Å².